The highest BCUT2D eigenvalue weighted by Crippen LogP contribution is 2.26. The lowest BCUT2D eigenvalue weighted by Gasteiger charge is -2.37. The number of likely N-dealkylation sites (tertiary alicyclic amines) is 1. The van der Waals surface area contributed by atoms with Crippen LogP contribution in [0.15, 0.2) is 6.07 Å². The van der Waals surface area contributed by atoms with Crippen molar-refractivity contribution in [1.82, 2.24) is 14.9 Å². The van der Waals surface area contributed by atoms with Gasteiger partial charge in [0.15, 0.2) is 0 Å². The fourth-order valence-corrected chi connectivity index (χ4v) is 3.86. The highest BCUT2D eigenvalue weighted by Gasteiger charge is 2.30. The van der Waals surface area contributed by atoms with E-state index in [-0.39, 0.29) is 5.92 Å². The first-order chi connectivity index (χ1) is 11.0. The molecule has 0 spiro atoms. The molecule has 5 heteroatoms. The molecule has 2 fully saturated rings. The van der Waals surface area contributed by atoms with Crippen LogP contribution in [0.4, 0.5) is 5.82 Å². The van der Waals surface area contributed by atoms with E-state index in [0.717, 1.165) is 62.8 Å². The van der Waals surface area contributed by atoms with Crippen molar-refractivity contribution in [3.05, 3.63) is 17.6 Å². The van der Waals surface area contributed by atoms with Gasteiger partial charge in [-0.15, -0.1) is 0 Å². The Kier molecular flexibility index (Phi) is 4.83. The molecule has 1 aromatic heterocycles. The first kappa shape index (κ1) is 16.2. The van der Waals surface area contributed by atoms with Gasteiger partial charge in [0, 0.05) is 43.9 Å². The fourth-order valence-electron chi connectivity index (χ4n) is 3.86. The van der Waals surface area contributed by atoms with Gasteiger partial charge in [-0.25, -0.2) is 9.97 Å². The maximum absolute atomic E-state index is 12.7. The fraction of sp³-hybridized carbons (Fsp3) is 0.722. The largest absolute Gasteiger partial charge is 0.356 e. The Morgan fingerprint density at radius 1 is 1.13 bits per heavy atom. The average molecular weight is 316 g/mol. The normalized spacial score (nSPS) is 23.2. The van der Waals surface area contributed by atoms with Crippen molar-refractivity contribution in [3.8, 4) is 0 Å². The van der Waals surface area contributed by atoms with Crippen molar-refractivity contribution in [2.24, 2.45) is 11.8 Å². The summed E-state index contributed by atoms with van der Waals surface area (Å²) in [5, 5.41) is 0. The van der Waals surface area contributed by atoms with Gasteiger partial charge in [-0.2, -0.15) is 0 Å². The second-order valence-corrected chi connectivity index (χ2v) is 7.21. The van der Waals surface area contributed by atoms with Gasteiger partial charge in [0.25, 0.3) is 0 Å². The van der Waals surface area contributed by atoms with E-state index in [1.54, 1.807) is 0 Å². The monoisotopic (exact) mass is 316 g/mol. The van der Waals surface area contributed by atoms with E-state index in [9.17, 15) is 4.79 Å². The van der Waals surface area contributed by atoms with Crippen LogP contribution in [0.5, 0.6) is 0 Å². The highest BCUT2D eigenvalue weighted by atomic mass is 16.2. The van der Waals surface area contributed by atoms with Crippen molar-refractivity contribution < 1.29 is 4.79 Å². The molecule has 126 valence electrons. The molecule has 1 unspecified atom stereocenters. The number of carbonyl (C=O) groups excluding carboxylic acids is 1. The number of amides is 1. The van der Waals surface area contributed by atoms with Crippen LogP contribution in [-0.4, -0.2) is 47.0 Å². The lowest BCUT2D eigenvalue weighted by molar-refractivity contribution is -0.137. The summed E-state index contributed by atoms with van der Waals surface area (Å²) in [6.07, 6.45) is 4.29. The molecule has 0 bridgehead atoms. The van der Waals surface area contributed by atoms with Crippen LogP contribution in [0.2, 0.25) is 0 Å². The summed E-state index contributed by atoms with van der Waals surface area (Å²) in [6.45, 7) is 9.92. The van der Waals surface area contributed by atoms with Crippen LogP contribution < -0.4 is 4.90 Å². The summed E-state index contributed by atoms with van der Waals surface area (Å²) in [5.74, 6) is 3.06. The molecule has 2 aliphatic rings. The van der Waals surface area contributed by atoms with Gasteiger partial charge in [0.1, 0.15) is 11.6 Å². The molecule has 1 amide bonds. The van der Waals surface area contributed by atoms with Crippen LogP contribution in [-0.2, 0) is 4.79 Å². The number of aromatic nitrogens is 2. The maximum atomic E-state index is 12.7. The molecular formula is C18H28N4O. The minimum atomic E-state index is 0.195. The van der Waals surface area contributed by atoms with Gasteiger partial charge >= 0.3 is 0 Å². The number of aryl methyl sites for hydroxylation is 2. The number of hydrogen-bond donors (Lipinski definition) is 0. The summed E-state index contributed by atoms with van der Waals surface area (Å²) in [4.78, 5) is 26.0. The second-order valence-electron chi connectivity index (χ2n) is 7.21. The van der Waals surface area contributed by atoms with E-state index in [2.05, 4.69) is 26.7 Å². The number of nitrogens with zero attached hydrogens (tertiary/aromatic N) is 4. The molecule has 3 rings (SSSR count). The molecule has 0 saturated carbocycles. The van der Waals surface area contributed by atoms with Gasteiger partial charge in [0.2, 0.25) is 5.91 Å². The molecule has 2 aliphatic heterocycles. The molecule has 0 aromatic carbocycles. The van der Waals surface area contributed by atoms with Gasteiger partial charge in [0.05, 0.1) is 0 Å². The van der Waals surface area contributed by atoms with Gasteiger partial charge in [-0.3, -0.25) is 4.79 Å². The molecular weight excluding hydrogens is 288 g/mol. The minimum absolute atomic E-state index is 0.195. The first-order valence-electron chi connectivity index (χ1n) is 8.89. The van der Waals surface area contributed by atoms with Crippen molar-refractivity contribution >= 4 is 11.7 Å². The summed E-state index contributed by atoms with van der Waals surface area (Å²) in [6, 6.07) is 2.04. The number of anilines is 1. The van der Waals surface area contributed by atoms with Crippen LogP contribution >= 0.6 is 0 Å². The molecule has 23 heavy (non-hydrogen) atoms. The lowest BCUT2D eigenvalue weighted by atomic mass is 9.93. The van der Waals surface area contributed by atoms with Crippen LogP contribution in [0.3, 0.4) is 0 Å². The summed E-state index contributed by atoms with van der Waals surface area (Å²) >= 11 is 0. The number of carbonyl (C=O) groups is 1. The molecule has 5 nitrogen and oxygen atoms in total. The third kappa shape index (κ3) is 3.82. The molecule has 0 radical (unpaired) electrons. The SMILES string of the molecule is Cc1cc(N2CCC(C(=O)N3CCCC(C)C3)CC2)nc(C)n1. The number of piperidine rings is 2. The number of hydrogen-bond acceptors (Lipinski definition) is 4. The highest BCUT2D eigenvalue weighted by molar-refractivity contribution is 5.79. The van der Waals surface area contributed by atoms with Crippen molar-refractivity contribution in [1.29, 1.82) is 0 Å². The zero-order valence-corrected chi connectivity index (χ0v) is 14.6. The van der Waals surface area contributed by atoms with E-state index in [1.165, 1.54) is 6.42 Å². The summed E-state index contributed by atoms with van der Waals surface area (Å²) < 4.78 is 0. The maximum Gasteiger partial charge on any atom is 0.225 e. The molecule has 0 aliphatic carbocycles. The van der Waals surface area contributed by atoms with Gasteiger partial charge in [-0.05, 0) is 45.4 Å². The van der Waals surface area contributed by atoms with Crippen LogP contribution in [0, 0.1) is 25.7 Å². The molecule has 3 heterocycles. The standard InChI is InChI=1S/C18H28N4O/c1-13-5-4-8-22(12-13)18(23)16-6-9-21(10-7-16)17-11-14(2)19-15(3)20-17/h11,13,16H,4-10,12H2,1-3H3. The van der Waals surface area contributed by atoms with Crippen molar-refractivity contribution in [2.75, 3.05) is 31.1 Å². The Bertz CT molecular complexity index is 546. The zero-order chi connectivity index (χ0) is 16.4. The Morgan fingerprint density at radius 2 is 1.87 bits per heavy atom. The Hall–Kier alpha value is -1.65. The third-order valence-corrected chi connectivity index (χ3v) is 5.09. The molecule has 1 atom stereocenters. The van der Waals surface area contributed by atoms with E-state index in [4.69, 9.17) is 0 Å². The molecule has 2 saturated heterocycles. The second kappa shape index (κ2) is 6.85. The Balaban J connectivity index is 1.58. The predicted molar refractivity (Wildman–Crippen MR) is 91.4 cm³/mol. The summed E-state index contributed by atoms with van der Waals surface area (Å²) in [7, 11) is 0. The smallest absolute Gasteiger partial charge is 0.225 e. The van der Waals surface area contributed by atoms with Crippen molar-refractivity contribution in [2.45, 2.75) is 46.5 Å². The van der Waals surface area contributed by atoms with E-state index in [1.807, 2.05) is 19.9 Å². The molecule has 0 N–H and O–H groups in total. The van der Waals surface area contributed by atoms with Gasteiger partial charge in [-0.1, -0.05) is 6.92 Å². The van der Waals surface area contributed by atoms with E-state index >= 15 is 0 Å². The zero-order valence-electron chi connectivity index (χ0n) is 14.6. The first-order valence-corrected chi connectivity index (χ1v) is 8.89. The summed E-state index contributed by atoms with van der Waals surface area (Å²) in [5.41, 5.74) is 1.01. The Labute approximate surface area is 139 Å². The minimum Gasteiger partial charge on any atom is -0.356 e. The Morgan fingerprint density at radius 3 is 2.52 bits per heavy atom. The number of rotatable bonds is 2. The third-order valence-electron chi connectivity index (χ3n) is 5.09. The quantitative estimate of drug-likeness (QED) is 0.841. The van der Waals surface area contributed by atoms with Crippen molar-refractivity contribution in [3.63, 3.8) is 0 Å². The van der Waals surface area contributed by atoms with E-state index < -0.39 is 0 Å². The average Bonchev–Trinajstić information content (AvgIpc) is 2.53. The lowest BCUT2D eigenvalue weighted by Crippen LogP contribution is -2.46. The van der Waals surface area contributed by atoms with E-state index in [0.29, 0.717) is 11.8 Å². The van der Waals surface area contributed by atoms with Crippen LogP contribution in [0.1, 0.15) is 44.1 Å². The van der Waals surface area contributed by atoms with Crippen LogP contribution in [0.25, 0.3) is 0 Å². The van der Waals surface area contributed by atoms with Gasteiger partial charge < -0.3 is 9.80 Å². The topological polar surface area (TPSA) is 49.3 Å². The predicted octanol–water partition coefficient (Wildman–Crippen LogP) is 2.57. The molecule has 1 aromatic rings.